The largest absolute Gasteiger partial charge is 0.396 e. The van der Waals surface area contributed by atoms with Crippen molar-refractivity contribution in [1.82, 2.24) is 14.7 Å². The molecule has 2 N–H and O–H groups in total. The summed E-state index contributed by atoms with van der Waals surface area (Å²) in [5.74, 6) is 0.0790. The second-order valence-electron chi connectivity index (χ2n) is 7.52. The smallest absolute Gasteiger partial charge is 0.225 e. The van der Waals surface area contributed by atoms with Crippen molar-refractivity contribution in [3.63, 3.8) is 0 Å². The first-order valence-corrected chi connectivity index (χ1v) is 8.48. The molecule has 3 aliphatic rings. The molecule has 7 nitrogen and oxygen atoms in total. The zero-order valence-electron chi connectivity index (χ0n) is 13.9. The Morgan fingerprint density at radius 3 is 2.43 bits per heavy atom. The molecule has 0 bridgehead atoms. The summed E-state index contributed by atoms with van der Waals surface area (Å²) in [5, 5.41) is 19.1. The van der Waals surface area contributed by atoms with Crippen LogP contribution in [0.15, 0.2) is 0 Å². The zero-order valence-corrected chi connectivity index (χ0v) is 13.9. The number of aliphatic hydroxyl groups excluding tert-OH is 2. The predicted molar refractivity (Wildman–Crippen MR) is 83.5 cm³/mol. The molecule has 0 aromatic carbocycles. The Morgan fingerprint density at radius 2 is 1.83 bits per heavy atom. The molecule has 0 radical (unpaired) electrons. The Morgan fingerprint density at radius 1 is 1.17 bits per heavy atom. The molecule has 0 aromatic heterocycles. The Kier molecular flexibility index (Phi) is 4.37. The number of amides is 2. The third-order valence-electron chi connectivity index (χ3n) is 5.37. The second kappa shape index (κ2) is 6.03. The van der Waals surface area contributed by atoms with Gasteiger partial charge in [-0.1, -0.05) is 13.8 Å². The van der Waals surface area contributed by atoms with Gasteiger partial charge in [0.25, 0.3) is 0 Å². The molecule has 2 amide bonds. The molecule has 0 unspecified atom stereocenters. The monoisotopic (exact) mass is 325 g/mol. The lowest BCUT2D eigenvalue weighted by atomic mass is 9.83. The van der Waals surface area contributed by atoms with Crippen molar-refractivity contribution < 1.29 is 19.8 Å². The van der Waals surface area contributed by atoms with Crippen molar-refractivity contribution >= 4 is 11.8 Å². The van der Waals surface area contributed by atoms with Crippen molar-refractivity contribution in [2.45, 2.75) is 44.4 Å². The van der Waals surface area contributed by atoms with E-state index in [1.165, 1.54) is 0 Å². The van der Waals surface area contributed by atoms with Gasteiger partial charge in [-0.2, -0.15) is 0 Å². The van der Waals surface area contributed by atoms with Crippen LogP contribution in [0.3, 0.4) is 0 Å². The van der Waals surface area contributed by atoms with E-state index in [1.54, 1.807) is 0 Å². The van der Waals surface area contributed by atoms with Crippen LogP contribution >= 0.6 is 0 Å². The number of carbonyl (C=O) groups excluding carboxylic acids is 2. The molecule has 3 aliphatic heterocycles. The van der Waals surface area contributed by atoms with Crippen LogP contribution in [-0.2, 0) is 9.59 Å². The highest BCUT2D eigenvalue weighted by molar-refractivity contribution is 5.80. The molecule has 3 rings (SSSR count). The number of hydrogen-bond donors (Lipinski definition) is 2. The van der Waals surface area contributed by atoms with Gasteiger partial charge in [-0.3, -0.25) is 14.5 Å². The van der Waals surface area contributed by atoms with E-state index in [1.807, 2.05) is 23.6 Å². The second-order valence-corrected chi connectivity index (χ2v) is 7.52. The Bertz CT molecular complexity index is 490. The van der Waals surface area contributed by atoms with Gasteiger partial charge in [0.05, 0.1) is 18.2 Å². The molecule has 0 saturated carbocycles. The van der Waals surface area contributed by atoms with Crippen LogP contribution in [0.2, 0.25) is 0 Å². The molecule has 0 aromatic rings. The van der Waals surface area contributed by atoms with Gasteiger partial charge in [0.2, 0.25) is 11.8 Å². The van der Waals surface area contributed by atoms with E-state index in [0.717, 1.165) is 0 Å². The van der Waals surface area contributed by atoms with Crippen LogP contribution in [0.1, 0.15) is 26.7 Å². The fraction of sp³-hybridized carbons (Fsp3) is 0.875. The number of nitrogens with zero attached hydrogens (tertiary/aromatic N) is 3. The van der Waals surface area contributed by atoms with Crippen LogP contribution in [0.5, 0.6) is 0 Å². The summed E-state index contributed by atoms with van der Waals surface area (Å²) in [6.07, 6.45) is 0.447. The van der Waals surface area contributed by atoms with Gasteiger partial charge in [0, 0.05) is 51.1 Å². The molecule has 3 saturated heterocycles. The molecular weight excluding hydrogens is 298 g/mol. The number of fused-ring (bicyclic) bond motifs is 2. The average molecular weight is 325 g/mol. The first-order chi connectivity index (χ1) is 10.9. The lowest BCUT2D eigenvalue weighted by Gasteiger charge is -2.61. The fourth-order valence-electron chi connectivity index (χ4n) is 4.32. The molecule has 1 spiro atoms. The van der Waals surface area contributed by atoms with Gasteiger partial charge in [-0.25, -0.2) is 0 Å². The number of aliphatic hydroxyl groups is 2. The van der Waals surface area contributed by atoms with Crippen molar-refractivity contribution in [2.24, 2.45) is 5.92 Å². The summed E-state index contributed by atoms with van der Waals surface area (Å²) in [6, 6.07) is 0.151. The minimum Gasteiger partial charge on any atom is -0.396 e. The highest BCUT2D eigenvalue weighted by Gasteiger charge is 2.57. The number of β-amino-alcohol motifs (C(OH)–C–C–N with tert-alkyl or cyclic N) is 1. The van der Waals surface area contributed by atoms with E-state index in [9.17, 15) is 14.7 Å². The summed E-state index contributed by atoms with van der Waals surface area (Å²) in [4.78, 5) is 30.4. The summed E-state index contributed by atoms with van der Waals surface area (Å²) in [5.41, 5.74) is -0.226. The average Bonchev–Trinajstić information content (AvgIpc) is 2.83. The third kappa shape index (κ3) is 2.86. The Balaban J connectivity index is 1.75. The van der Waals surface area contributed by atoms with Gasteiger partial charge >= 0.3 is 0 Å². The van der Waals surface area contributed by atoms with Crippen LogP contribution in [-0.4, -0.2) is 93.7 Å². The highest BCUT2D eigenvalue weighted by atomic mass is 16.3. The SMILES string of the molecule is CC(C)C(=O)N1CC2(CN(C(=O)CCO)C[C@@H]3C[C@@H](O)CN32)C1. The zero-order chi connectivity index (χ0) is 16.8. The van der Waals surface area contributed by atoms with Crippen LogP contribution in [0, 0.1) is 5.92 Å². The van der Waals surface area contributed by atoms with Crippen molar-refractivity contribution in [2.75, 3.05) is 39.3 Å². The standard InChI is InChI=1S/C16H27N3O4/c1-11(2)15(23)18-9-16(10-18)8-17(14(22)3-4-20)6-12-5-13(21)7-19(12)16/h11-13,20-21H,3-10H2,1-2H3/t12-,13+/m0/s1. The minimum absolute atomic E-state index is 0.0250. The maximum atomic E-state index is 12.2. The fourth-order valence-corrected chi connectivity index (χ4v) is 4.32. The van der Waals surface area contributed by atoms with Crippen LogP contribution in [0.4, 0.5) is 0 Å². The van der Waals surface area contributed by atoms with Crippen LogP contribution in [0.25, 0.3) is 0 Å². The van der Waals surface area contributed by atoms with Crippen molar-refractivity contribution in [3.05, 3.63) is 0 Å². The number of likely N-dealkylation sites (tertiary alicyclic amines) is 1. The molecule has 23 heavy (non-hydrogen) atoms. The minimum atomic E-state index is -0.361. The Labute approximate surface area is 136 Å². The molecule has 3 fully saturated rings. The molecule has 130 valence electrons. The van der Waals surface area contributed by atoms with E-state index in [4.69, 9.17) is 5.11 Å². The number of piperazine rings is 1. The summed E-state index contributed by atoms with van der Waals surface area (Å²) in [6.45, 7) is 6.70. The molecule has 2 atom stereocenters. The highest BCUT2D eigenvalue weighted by Crippen LogP contribution is 2.39. The van der Waals surface area contributed by atoms with E-state index in [2.05, 4.69) is 4.90 Å². The third-order valence-corrected chi connectivity index (χ3v) is 5.37. The van der Waals surface area contributed by atoms with Gasteiger partial charge in [0.1, 0.15) is 0 Å². The lowest BCUT2D eigenvalue weighted by Crippen LogP contribution is -2.79. The topological polar surface area (TPSA) is 84.3 Å². The first kappa shape index (κ1) is 16.7. The summed E-state index contributed by atoms with van der Waals surface area (Å²) in [7, 11) is 0. The van der Waals surface area contributed by atoms with Crippen molar-refractivity contribution in [3.8, 4) is 0 Å². The molecule has 3 heterocycles. The number of rotatable bonds is 3. The van der Waals surface area contributed by atoms with E-state index < -0.39 is 0 Å². The molecule has 7 heteroatoms. The number of hydrogen-bond acceptors (Lipinski definition) is 5. The normalized spacial score (nSPS) is 29.8. The quantitative estimate of drug-likeness (QED) is 0.687. The predicted octanol–water partition coefficient (Wildman–Crippen LogP) is -1.12. The van der Waals surface area contributed by atoms with Gasteiger partial charge in [-0.05, 0) is 6.42 Å². The molecule has 0 aliphatic carbocycles. The summed E-state index contributed by atoms with van der Waals surface area (Å²) >= 11 is 0. The van der Waals surface area contributed by atoms with E-state index in [0.29, 0.717) is 39.1 Å². The van der Waals surface area contributed by atoms with Gasteiger partial charge in [-0.15, -0.1) is 0 Å². The van der Waals surface area contributed by atoms with Gasteiger partial charge < -0.3 is 20.0 Å². The summed E-state index contributed by atoms with van der Waals surface area (Å²) < 4.78 is 0. The lowest BCUT2D eigenvalue weighted by molar-refractivity contribution is -0.164. The van der Waals surface area contributed by atoms with Crippen molar-refractivity contribution in [1.29, 1.82) is 0 Å². The first-order valence-electron chi connectivity index (χ1n) is 8.48. The maximum absolute atomic E-state index is 12.2. The Hall–Kier alpha value is -1.18. The van der Waals surface area contributed by atoms with E-state index in [-0.39, 0.29) is 48.4 Å². The number of carbonyl (C=O) groups is 2. The maximum Gasteiger partial charge on any atom is 0.225 e. The van der Waals surface area contributed by atoms with Gasteiger partial charge in [0.15, 0.2) is 0 Å². The van der Waals surface area contributed by atoms with Crippen LogP contribution < -0.4 is 0 Å². The molecular formula is C16H27N3O4. The van der Waals surface area contributed by atoms with E-state index >= 15 is 0 Å².